The molecule has 0 saturated heterocycles. The third-order valence-corrected chi connectivity index (χ3v) is 5.49. The Morgan fingerprint density at radius 3 is 2.69 bits per heavy atom. The van der Waals surface area contributed by atoms with Gasteiger partial charge in [-0.05, 0) is 39.0 Å². The van der Waals surface area contributed by atoms with Gasteiger partial charge in [0, 0.05) is 36.8 Å². The van der Waals surface area contributed by atoms with E-state index in [2.05, 4.69) is 77.5 Å². The van der Waals surface area contributed by atoms with Gasteiger partial charge in [-0.1, -0.05) is 30.3 Å². The first kappa shape index (κ1) is 20.4. The molecule has 0 amide bonds. The van der Waals surface area contributed by atoms with Crippen LogP contribution in [0.25, 0.3) is 0 Å². The predicted octanol–water partition coefficient (Wildman–Crippen LogP) is 3.32. The molecule has 0 radical (unpaired) electrons. The Labute approximate surface area is 161 Å². The summed E-state index contributed by atoms with van der Waals surface area (Å²) in [6.45, 7) is 9.72. The number of nitrogens with zero attached hydrogens (tertiary/aromatic N) is 3. The second-order valence-corrected chi connectivity index (χ2v) is 8.30. The second-order valence-electron chi connectivity index (χ2n) is 6.78. The van der Waals surface area contributed by atoms with Gasteiger partial charge in [-0.25, -0.2) is 9.98 Å². The number of thioether (sulfide) groups is 1. The Morgan fingerprint density at radius 1 is 1.23 bits per heavy atom. The fraction of sp³-hybridized carbons (Fsp3) is 0.500. The Hall–Kier alpha value is -1.95. The van der Waals surface area contributed by atoms with Crippen molar-refractivity contribution < 1.29 is 0 Å². The van der Waals surface area contributed by atoms with E-state index in [1.54, 1.807) is 0 Å². The smallest absolute Gasteiger partial charge is 0.191 e. The van der Waals surface area contributed by atoms with E-state index >= 15 is 0 Å². The number of aryl methyl sites for hydroxylation is 2. The molecule has 0 atom stereocenters. The Balaban J connectivity index is 1.95. The number of aromatic nitrogens is 2. The molecule has 6 heteroatoms. The lowest BCUT2D eigenvalue weighted by Crippen LogP contribution is -2.43. The van der Waals surface area contributed by atoms with Crippen molar-refractivity contribution in [1.82, 2.24) is 20.2 Å². The molecule has 0 bridgehead atoms. The molecular formula is C20H31N5S. The number of imidazole rings is 1. The molecular weight excluding hydrogens is 342 g/mol. The third kappa shape index (κ3) is 6.75. The van der Waals surface area contributed by atoms with Crippen LogP contribution in [-0.2, 0) is 19.5 Å². The van der Waals surface area contributed by atoms with Crippen LogP contribution in [0.3, 0.4) is 0 Å². The molecule has 2 N–H and O–H groups in total. The lowest BCUT2D eigenvalue weighted by atomic mass is 10.1. The van der Waals surface area contributed by atoms with Gasteiger partial charge in [0.15, 0.2) is 5.96 Å². The minimum Gasteiger partial charge on any atom is -0.357 e. The van der Waals surface area contributed by atoms with E-state index < -0.39 is 0 Å². The SMILES string of the molecule is CCNC(=NCc1nccn1CCc1ccccc1)NCC(C)(C)SC. The first-order valence-corrected chi connectivity index (χ1v) is 10.4. The molecule has 0 aliphatic rings. The zero-order valence-electron chi connectivity index (χ0n) is 16.3. The normalized spacial score (nSPS) is 12.2. The number of aliphatic imine (C=N–C) groups is 1. The maximum Gasteiger partial charge on any atom is 0.191 e. The molecule has 0 aliphatic carbocycles. The quantitative estimate of drug-likeness (QED) is 0.523. The lowest BCUT2D eigenvalue weighted by molar-refractivity contribution is 0.643. The van der Waals surface area contributed by atoms with Crippen LogP contribution in [0.15, 0.2) is 47.7 Å². The number of benzene rings is 1. The summed E-state index contributed by atoms with van der Waals surface area (Å²) in [5, 5.41) is 6.74. The first-order chi connectivity index (χ1) is 12.5. The van der Waals surface area contributed by atoms with Crippen LogP contribution in [0.4, 0.5) is 0 Å². The van der Waals surface area contributed by atoms with Crippen LogP contribution < -0.4 is 10.6 Å². The van der Waals surface area contributed by atoms with Crippen molar-refractivity contribution in [3.63, 3.8) is 0 Å². The average molecular weight is 374 g/mol. The Kier molecular flexibility index (Phi) is 8.04. The highest BCUT2D eigenvalue weighted by atomic mass is 32.2. The minimum absolute atomic E-state index is 0.171. The second kappa shape index (κ2) is 10.3. The Morgan fingerprint density at radius 2 is 2.00 bits per heavy atom. The highest BCUT2D eigenvalue weighted by Gasteiger charge is 2.16. The van der Waals surface area contributed by atoms with Crippen LogP contribution >= 0.6 is 11.8 Å². The Bertz CT molecular complexity index is 679. The zero-order valence-corrected chi connectivity index (χ0v) is 17.1. The molecule has 0 unspecified atom stereocenters. The van der Waals surface area contributed by atoms with Gasteiger partial charge in [0.2, 0.25) is 0 Å². The van der Waals surface area contributed by atoms with Gasteiger partial charge >= 0.3 is 0 Å². The van der Waals surface area contributed by atoms with E-state index in [1.807, 2.05) is 24.2 Å². The van der Waals surface area contributed by atoms with E-state index in [1.165, 1.54) is 5.56 Å². The molecule has 26 heavy (non-hydrogen) atoms. The molecule has 2 rings (SSSR count). The van der Waals surface area contributed by atoms with Crippen molar-refractivity contribution in [2.45, 2.75) is 45.0 Å². The summed E-state index contributed by atoms with van der Waals surface area (Å²) in [5.41, 5.74) is 1.34. The van der Waals surface area contributed by atoms with Crippen molar-refractivity contribution in [3.05, 3.63) is 54.1 Å². The van der Waals surface area contributed by atoms with Crippen LogP contribution in [0.5, 0.6) is 0 Å². The van der Waals surface area contributed by atoms with Gasteiger partial charge in [-0.15, -0.1) is 0 Å². The van der Waals surface area contributed by atoms with Crippen molar-refractivity contribution in [3.8, 4) is 0 Å². The first-order valence-electron chi connectivity index (χ1n) is 9.15. The molecule has 0 spiro atoms. The largest absolute Gasteiger partial charge is 0.357 e. The summed E-state index contributed by atoms with van der Waals surface area (Å²) >= 11 is 1.85. The van der Waals surface area contributed by atoms with E-state index in [0.717, 1.165) is 37.8 Å². The topological polar surface area (TPSA) is 54.2 Å². The van der Waals surface area contributed by atoms with Crippen molar-refractivity contribution in [2.75, 3.05) is 19.3 Å². The molecule has 5 nitrogen and oxygen atoms in total. The molecule has 0 saturated carbocycles. The molecule has 0 fully saturated rings. The fourth-order valence-electron chi connectivity index (χ4n) is 2.45. The summed E-state index contributed by atoms with van der Waals surface area (Å²) in [4.78, 5) is 9.19. The van der Waals surface area contributed by atoms with Crippen molar-refractivity contribution in [1.29, 1.82) is 0 Å². The lowest BCUT2D eigenvalue weighted by Gasteiger charge is -2.23. The molecule has 142 valence electrons. The van der Waals surface area contributed by atoms with Gasteiger partial charge in [0.25, 0.3) is 0 Å². The predicted molar refractivity (Wildman–Crippen MR) is 113 cm³/mol. The van der Waals surface area contributed by atoms with Crippen molar-refractivity contribution >= 4 is 17.7 Å². The van der Waals surface area contributed by atoms with E-state index in [-0.39, 0.29) is 4.75 Å². The minimum atomic E-state index is 0.171. The maximum atomic E-state index is 4.71. The highest BCUT2D eigenvalue weighted by molar-refractivity contribution is 7.99. The monoisotopic (exact) mass is 373 g/mol. The van der Waals surface area contributed by atoms with Crippen LogP contribution in [-0.4, -0.2) is 39.6 Å². The standard InChI is InChI=1S/C20H31N5S/c1-5-21-19(24-16-20(2,3)26-4)23-15-18-22-12-14-25(18)13-11-17-9-7-6-8-10-17/h6-10,12,14H,5,11,13,15-16H2,1-4H3,(H2,21,23,24). The van der Waals surface area contributed by atoms with Gasteiger partial charge < -0.3 is 15.2 Å². The molecule has 0 aliphatic heterocycles. The fourth-order valence-corrected chi connectivity index (χ4v) is 2.67. The summed E-state index contributed by atoms with van der Waals surface area (Å²) in [5.74, 6) is 1.83. The maximum absolute atomic E-state index is 4.71. The molecule has 1 heterocycles. The average Bonchev–Trinajstić information content (AvgIpc) is 3.10. The van der Waals surface area contributed by atoms with Crippen molar-refractivity contribution in [2.24, 2.45) is 4.99 Å². The van der Waals surface area contributed by atoms with Gasteiger partial charge in [-0.2, -0.15) is 11.8 Å². The van der Waals surface area contributed by atoms with Gasteiger partial charge in [0.1, 0.15) is 12.4 Å². The van der Waals surface area contributed by atoms with Crippen LogP contribution in [0.2, 0.25) is 0 Å². The number of nitrogens with one attached hydrogen (secondary N) is 2. The molecule has 1 aromatic heterocycles. The van der Waals surface area contributed by atoms with Crippen LogP contribution in [0.1, 0.15) is 32.2 Å². The molecule has 1 aromatic carbocycles. The third-order valence-electron chi connectivity index (χ3n) is 4.24. The summed E-state index contributed by atoms with van der Waals surface area (Å²) in [6, 6.07) is 10.5. The summed E-state index contributed by atoms with van der Waals surface area (Å²) < 4.78 is 2.36. The number of guanidine groups is 1. The van der Waals surface area contributed by atoms with Gasteiger partial charge in [0.05, 0.1) is 0 Å². The van der Waals surface area contributed by atoms with E-state index in [0.29, 0.717) is 6.54 Å². The zero-order chi connectivity index (χ0) is 18.8. The number of hydrogen-bond acceptors (Lipinski definition) is 3. The van der Waals surface area contributed by atoms with E-state index in [4.69, 9.17) is 4.99 Å². The summed E-state index contributed by atoms with van der Waals surface area (Å²) in [7, 11) is 0. The van der Waals surface area contributed by atoms with Gasteiger partial charge in [-0.3, -0.25) is 0 Å². The summed E-state index contributed by atoms with van der Waals surface area (Å²) in [6.07, 6.45) is 7.02. The number of hydrogen-bond donors (Lipinski definition) is 2. The highest BCUT2D eigenvalue weighted by Crippen LogP contribution is 2.19. The van der Waals surface area contributed by atoms with Crippen LogP contribution in [0, 0.1) is 0 Å². The number of rotatable bonds is 9. The molecule has 2 aromatic rings. The van der Waals surface area contributed by atoms with E-state index in [9.17, 15) is 0 Å².